The molecule has 1 aliphatic carbocycles. The number of carbonyl (C=O) groups excluding carboxylic acids is 2. The molecule has 2 aromatic carbocycles. The molecule has 2 amide bonds. The largest absolute Gasteiger partial charge is 0.381 e. The fourth-order valence-electron chi connectivity index (χ4n) is 5.95. The van der Waals surface area contributed by atoms with E-state index in [1.807, 2.05) is 27.7 Å². The summed E-state index contributed by atoms with van der Waals surface area (Å²) in [6.45, 7) is 3.18. The minimum absolute atomic E-state index is 0.0869. The van der Waals surface area contributed by atoms with Gasteiger partial charge in [0.15, 0.2) is 0 Å². The summed E-state index contributed by atoms with van der Waals surface area (Å²) in [5, 5.41) is 5.46. The first-order valence-electron chi connectivity index (χ1n) is 13.3. The van der Waals surface area contributed by atoms with Gasteiger partial charge in [-0.05, 0) is 36.1 Å². The van der Waals surface area contributed by atoms with Gasteiger partial charge in [0.25, 0.3) is 5.91 Å². The second-order valence-corrected chi connectivity index (χ2v) is 11.0. The number of amidine groups is 1. The number of rotatable bonds is 5. The molecule has 8 nitrogen and oxygen atoms in total. The molecular weight excluding hydrogens is 466 g/mol. The number of hydrogen-bond acceptors (Lipinski definition) is 5. The van der Waals surface area contributed by atoms with E-state index in [0.717, 1.165) is 59.4 Å². The zero-order valence-corrected chi connectivity index (χ0v) is 21.1. The fourth-order valence-corrected chi connectivity index (χ4v) is 5.95. The zero-order chi connectivity index (χ0) is 25.1. The lowest BCUT2D eigenvalue weighted by atomic mass is 9.90. The van der Waals surface area contributed by atoms with Crippen molar-refractivity contribution in [1.82, 2.24) is 19.6 Å². The molecule has 37 heavy (non-hydrogen) atoms. The van der Waals surface area contributed by atoms with Crippen molar-refractivity contribution >= 4 is 28.6 Å². The van der Waals surface area contributed by atoms with Crippen molar-refractivity contribution in [2.75, 3.05) is 32.8 Å². The maximum Gasteiger partial charge on any atom is 0.256 e. The molecule has 0 unspecified atom stereocenters. The molecule has 0 N–H and O–H groups in total. The lowest BCUT2D eigenvalue weighted by Crippen LogP contribution is -2.56. The molecule has 3 fully saturated rings. The van der Waals surface area contributed by atoms with Crippen molar-refractivity contribution in [2.24, 2.45) is 23.9 Å². The number of amides is 2. The van der Waals surface area contributed by atoms with Crippen molar-refractivity contribution in [3.63, 3.8) is 0 Å². The summed E-state index contributed by atoms with van der Waals surface area (Å²) in [7, 11) is 1.95. The van der Waals surface area contributed by atoms with Crippen LogP contribution in [0, 0.1) is 11.8 Å². The topological polar surface area (TPSA) is 80.0 Å². The summed E-state index contributed by atoms with van der Waals surface area (Å²) in [6, 6.07) is 14.7. The second kappa shape index (κ2) is 8.52. The number of hydrogen-bond donors (Lipinski definition) is 0. The van der Waals surface area contributed by atoms with E-state index in [2.05, 4.69) is 47.6 Å². The van der Waals surface area contributed by atoms with Gasteiger partial charge in [0, 0.05) is 75.5 Å². The van der Waals surface area contributed by atoms with Gasteiger partial charge < -0.3 is 9.64 Å². The average Bonchev–Trinajstić information content (AvgIpc) is 3.65. The predicted octanol–water partition coefficient (Wildman–Crippen LogP) is 3.25. The number of nitrogens with zero attached hydrogens (tertiary/aromatic N) is 5. The van der Waals surface area contributed by atoms with E-state index in [9.17, 15) is 9.59 Å². The molecule has 8 heteroatoms. The van der Waals surface area contributed by atoms with E-state index < -0.39 is 5.54 Å². The van der Waals surface area contributed by atoms with E-state index in [4.69, 9.17) is 9.73 Å². The van der Waals surface area contributed by atoms with Gasteiger partial charge in [0.2, 0.25) is 5.91 Å². The molecule has 3 aliphatic heterocycles. The third-order valence-corrected chi connectivity index (χ3v) is 8.40. The molecule has 0 bridgehead atoms. The van der Waals surface area contributed by atoms with Crippen molar-refractivity contribution in [3.8, 4) is 11.1 Å². The van der Waals surface area contributed by atoms with Crippen molar-refractivity contribution < 1.29 is 14.3 Å². The molecule has 4 aliphatic rings. The van der Waals surface area contributed by atoms with Crippen molar-refractivity contribution in [3.05, 3.63) is 54.2 Å². The van der Waals surface area contributed by atoms with Gasteiger partial charge in [0.1, 0.15) is 11.4 Å². The summed E-state index contributed by atoms with van der Waals surface area (Å²) < 4.78 is 7.45. The Morgan fingerprint density at radius 3 is 2.46 bits per heavy atom. The van der Waals surface area contributed by atoms with Crippen LogP contribution in [-0.2, 0) is 21.4 Å². The van der Waals surface area contributed by atoms with Gasteiger partial charge in [-0.15, -0.1) is 0 Å². The number of likely N-dealkylation sites (tertiary alicyclic amines) is 1. The Morgan fingerprint density at radius 1 is 1.03 bits per heavy atom. The van der Waals surface area contributed by atoms with Crippen LogP contribution in [0.25, 0.3) is 22.0 Å². The monoisotopic (exact) mass is 497 g/mol. The molecule has 2 saturated heterocycles. The molecule has 3 aromatic rings. The van der Waals surface area contributed by atoms with Crippen LogP contribution in [0.1, 0.15) is 31.2 Å². The van der Waals surface area contributed by atoms with Gasteiger partial charge in [-0.1, -0.05) is 30.3 Å². The fraction of sp³-hybridized carbons (Fsp3) is 0.448. The minimum Gasteiger partial charge on any atom is -0.381 e. The minimum atomic E-state index is -0.717. The molecular formula is C29H31N5O3. The Morgan fingerprint density at radius 2 is 1.73 bits per heavy atom. The Labute approximate surface area is 215 Å². The first kappa shape index (κ1) is 22.7. The van der Waals surface area contributed by atoms with E-state index in [-0.39, 0.29) is 17.7 Å². The number of benzene rings is 2. The number of aryl methyl sites for hydroxylation is 1. The second-order valence-electron chi connectivity index (χ2n) is 11.0. The molecule has 0 atom stereocenters. The van der Waals surface area contributed by atoms with Crippen LogP contribution in [-0.4, -0.2) is 75.6 Å². The molecule has 0 radical (unpaired) electrons. The maximum atomic E-state index is 13.8. The van der Waals surface area contributed by atoms with Gasteiger partial charge in [0.05, 0.1) is 11.7 Å². The first-order chi connectivity index (χ1) is 18.0. The van der Waals surface area contributed by atoms with Crippen LogP contribution in [0.2, 0.25) is 0 Å². The van der Waals surface area contributed by atoms with Crippen molar-refractivity contribution in [2.45, 2.75) is 31.2 Å². The molecule has 1 spiro atoms. The van der Waals surface area contributed by atoms with Crippen molar-refractivity contribution in [1.29, 1.82) is 0 Å². The number of fused-ring (bicyclic) bond motifs is 1. The van der Waals surface area contributed by atoms with Crippen LogP contribution < -0.4 is 0 Å². The summed E-state index contributed by atoms with van der Waals surface area (Å²) in [4.78, 5) is 35.1. The zero-order valence-electron chi connectivity index (χ0n) is 21.1. The highest BCUT2D eigenvalue weighted by atomic mass is 16.5. The van der Waals surface area contributed by atoms with Crippen LogP contribution in [0.4, 0.5) is 0 Å². The first-order valence-corrected chi connectivity index (χ1v) is 13.3. The molecule has 190 valence electrons. The highest BCUT2D eigenvalue weighted by Crippen LogP contribution is 2.37. The number of carbonyl (C=O) groups is 2. The summed E-state index contributed by atoms with van der Waals surface area (Å²) in [5.41, 5.74) is 3.58. The van der Waals surface area contributed by atoms with Crippen LogP contribution in [0.3, 0.4) is 0 Å². The summed E-state index contributed by atoms with van der Waals surface area (Å²) in [5.74, 6) is 1.67. The van der Waals surface area contributed by atoms with E-state index in [1.165, 1.54) is 0 Å². The molecule has 1 saturated carbocycles. The molecule has 1 aromatic heterocycles. The number of aromatic nitrogens is 2. The lowest BCUT2D eigenvalue weighted by Gasteiger charge is -2.41. The van der Waals surface area contributed by atoms with Gasteiger partial charge in [-0.25, -0.2) is 0 Å². The normalized spacial score (nSPS) is 21.5. The SMILES string of the molecule is Cn1ncc2cc(-c3ccc(C4=NC5(CCOCC5)C(=O)N4CC4CN(C(=O)C5CC5)C4)cc3)ccc21. The van der Waals surface area contributed by atoms with Gasteiger partial charge >= 0.3 is 0 Å². The Kier molecular flexibility index (Phi) is 5.22. The number of ether oxygens (including phenoxy) is 1. The van der Waals surface area contributed by atoms with Gasteiger partial charge in [-0.3, -0.25) is 24.2 Å². The molecule has 7 rings (SSSR count). The van der Waals surface area contributed by atoms with Crippen LogP contribution in [0.15, 0.2) is 53.7 Å². The van der Waals surface area contributed by atoms with E-state index >= 15 is 0 Å². The standard InChI is InChI=1S/C29H31N5O3/c1-32-25-9-8-23(14-24(25)15-30-32)20-2-4-21(5-3-20)26-31-29(10-12-37-13-11-29)28(36)34(26)18-19-16-33(17-19)27(35)22-6-7-22/h2-5,8-9,14-15,19,22H,6-7,10-13,16-18H2,1H3. The molecule has 4 heterocycles. The number of aliphatic imine (C=N–C) groups is 1. The van der Waals surface area contributed by atoms with Crippen LogP contribution in [0.5, 0.6) is 0 Å². The van der Waals surface area contributed by atoms with E-state index in [1.54, 1.807) is 0 Å². The van der Waals surface area contributed by atoms with Crippen LogP contribution >= 0.6 is 0 Å². The highest BCUT2D eigenvalue weighted by Gasteiger charge is 2.50. The Hall–Kier alpha value is -3.52. The quantitative estimate of drug-likeness (QED) is 0.542. The Balaban J connectivity index is 1.14. The summed E-state index contributed by atoms with van der Waals surface area (Å²) in [6.07, 6.45) is 5.17. The van der Waals surface area contributed by atoms with Gasteiger partial charge in [-0.2, -0.15) is 5.10 Å². The smallest absolute Gasteiger partial charge is 0.256 e. The summed E-state index contributed by atoms with van der Waals surface area (Å²) >= 11 is 0. The third kappa shape index (κ3) is 3.85. The van der Waals surface area contributed by atoms with E-state index in [0.29, 0.717) is 38.5 Å². The average molecular weight is 498 g/mol. The maximum absolute atomic E-state index is 13.8. The predicted molar refractivity (Wildman–Crippen MR) is 140 cm³/mol. The highest BCUT2D eigenvalue weighted by molar-refractivity contribution is 6.15. The Bertz CT molecular complexity index is 1410. The lowest BCUT2D eigenvalue weighted by molar-refractivity contribution is -0.140. The third-order valence-electron chi connectivity index (χ3n) is 8.40.